The molecule has 2 aliphatic rings. The maximum absolute atomic E-state index is 2.91. The minimum atomic E-state index is 0.887. The number of hydrogen-bond acceptors (Lipinski definition) is 2. The number of hydrogen-bond donors (Lipinski definition) is 0. The molecule has 0 saturated heterocycles. The predicted octanol–water partition coefficient (Wildman–Crippen LogP) is 4.25. The maximum atomic E-state index is 2.91. The van der Waals surface area contributed by atoms with Gasteiger partial charge in [0.1, 0.15) is 0 Å². The fourth-order valence-electron chi connectivity index (χ4n) is 4.01. The van der Waals surface area contributed by atoms with Gasteiger partial charge in [0, 0.05) is 12.1 Å². The van der Waals surface area contributed by atoms with E-state index in [1.165, 1.54) is 84.0 Å². The van der Waals surface area contributed by atoms with Crippen LogP contribution in [0.5, 0.6) is 0 Å². The topological polar surface area (TPSA) is 6.48 Å². The largest absolute Gasteiger partial charge is 0.291 e. The fourth-order valence-corrected chi connectivity index (χ4v) is 4.01. The van der Waals surface area contributed by atoms with Crippen LogP contribution in [0.25, 0.3) is 0 Å². The average Bonchev–Trinajstić information content (AvgIpc) is 2.50. The van der Waals surface area contributed by atoms with Gasteiger partial charge in [-0.25, -0.2) is 0 Å². The van der Waals surface area contributed by atoms with Gasteiger partial charge in [-0.15, -0.1) is 0 Å². The first-order valence-electron chi connectivity index (χ1n) is 8.83. The van der Waals surface area contributed by atoms with E-state index in [1.54, 1.807) is 0 Å². The Kier molecular flexibility index (Phi) is 6.66. The number of nitrogens with zero attached hydrogens (tertiary/aromatic N) is 2. The van der Waals surface area contributed by atoms with Crippen LogP contribution in [0.4, 0.5) is 0 Å². The highest BCUT2D eigenvalue weighted by Crippen LogP contribution is 2.30. The van der Waals surface area contributed by atoms with Gasteiger partial charge in [-0.3, -0.25) is 9.80 Å². The Labute approximate surface area is 120 Å². The van der Waals surface area contributed by atoms with E-state index in [1.807, 2.05) is 0 Å². The fraction of sp³-hybridized carbons (Fsp3) is 1.00. The molecule has 2 heteroatoms. The zero-order valence-corrected chi connectivity index (χ0v) is 13.2. The van der Waals surface area contributed by atoms with Crippen LogP contribution in [-0.4, -0.2) is 41.6 Å². The molecule has 0 aromatic heterocycles. The lowest BCUT2D eigenvalue weighted by molar-refractivity contribution is 0.0264. The van der Waals surface area contributed by atoms with Gasteiger partial charge in [0.15, 0.2) is 0 Å². The summed E-state index contributed by atoms with van der Waals surface area (Å²) < 4.78 is 0. The van der Waals surface area contributed by atoms with Gasteiger partial charge >= 0.3 is 0 Å². The molecule has 2 nitrogen and oxygen atoms in total. The molecule has 0 spiro atoms. The molecule has 2 rings (SSSR count). The van der Waals surface area contributed by atoms with Gasteiger partial charge in [-0.2, -0.15) is 0 Å². The summed E-state index contributed by atoms with van der Waals surface area (Å²) in [5.41, 5.74) is 0. The summed E-state index contributed by atoms with van der Waals surface area (Å²) in [5.74, 6) is 0. The first-order chi connectivity index (χ1) is 9.35. The van der Waals surface area contributed by atoms with Gasteiger partial charge in [0.25, 0.3) is 0 Å². The van der Waals surface area contributed by atoms with Crippen molar-refractivity contribution < 1.29 is 0 Å². The van der Waals surface area contributed by atoms with Crippen LogP contribution < -0.4 is 0 Å². The second-order valence-electron chi connectivity index (χ2n) is 6.54. The van der Waals surface area contributed by atoms with Crippen molar-refractivity contribution in [2.45, 2.75) is 90.1 Å². The van der Waals surface area contributed by atoms with Gasteiger partial charge in [0.05, 0.1) is 6.67 Å². The molecule has 0 aromatic carbocycles. The van der Waals surface area contributed by atoms with Gasteiger partial charge < -0.3 is 0 Å². The molecule has 0 atom stereocenters. The molecule has 0 bridgehead atoms. The maximum Gasteiger partial charge on any atom is 0.0511 e. The van der Waals surface area contributed by atoms with Crippen LogP contribution in [-0.2, 0) is 0 Å². The average molecular weight is 266 g/mol. The molecule has 0 radical (unpaired) electrons. The van der Waals surface area contributed by atoms with Gasteiger partial charge in [-0.05, 0) is 38.8 Å². The van der Waals surface area contributed by atoms with Crippen molar-refractivity contribution >= 4 is 0 Å². The molecule has 0 aromatic rings. The molecule has 0 amide bonds. The SMILES string of the molecule is CCN(CC)CN(C1CCCCC1)C1CCCCC1. The van der Waals surface area contributed by atoms with Crippen LogP contribution >= 0.6 is 0 Å². The Bertz CT molecular complexity index is 207. The summed E-state index contributed by atoms with van der Waals surface area (Å²) in [6, 6.07) is 1.77. The highest BCUT2D eigenvalue weighted by Gasteiger charge is 2.29. The molecule has 0 heterocycles. The smallest absolute Gasteiger partial charge is 0.0511 e. The Balaban J connectivity index is 1.97. The van der Waals surface area contributed by atoms with E-state index < -0.39 is 0 Å². The molecule has 2 saturated carbocycles. The first-order valence-corrected chi connectivity index (χ1v) is 8.83. The van der Waals surface area contributed by atoms with Crippen molar-refractivity contribution in [3.8, 4) is 0 Å². The molecule has 0 aliphatic heterocycles. The zero-order chi connectivity index (χ0) is 13.5. The van der Waals surface area contributed by atoms with Crippen molar-refractivity contribution in [3.63, 3.8) is 0 Å². The van der Waals surface area contributed by atoms with E-state index in [0.717, 1.165) is 12.1 Å². The summed E-state index contributed by atoms with van der Waals surface area (Å²) in [6.07, 6.45) is 14.6. The summed E-state index contributed by atoms with van der Waals surface area (Å²) in [4.78, 5) is 5.52. The van der Waals surface area contributed by atoms with Crippen molar-refractivity contribution in [2.75, 3.05) is 19.8 Å². The highest BCUT2D eigenvalue weighted by molar-refractivity contribution is 4.83. The lowest BCUT2D eigenvalue weighted by atomic mass is 9.89. The van der Waals surface area contributed by atoms with Crippen molar-refractivity contribution in [1.29, 1.82) is 0 Å². The summed E-state index contributed by atoms with van der Waals surface area (Å²) in [7, 11) is 0. The van der Waals surface area contributed by atoms with E-state index >= 15 is 0 Å². The minimum absolute atomic E-state index is 0.887. The van der Waals surface area contributed by atoms with E-state index in [-0.39, 0.29) is 0 Å². The lowest BCUT2D eigenvalue weighted by Gasteiger charge is -2.43. The quantitative estimate of drug-likeness (QED) is 0.663. The molecule has 112 valence electrons. The summed E-state index contributed by atoms with van der Waals surface area (Å²) in [6.45, 7) is 8.24. The molecule has 2 fully saturated rings. The molecule has 0 N–H and O–H groups in total. The van der Waals surface area contributed by atoms with Crippen LogP contribution in [0, 0.1) is 0 Å². The normalized spacial score (nSPS) is 23.4. The van der Waals surface area contributed by atoms with Gasteiger partial charge in [0.2, 0.25) is 0 Å². The van der Waals surface area contributed by atoms with Crippen LogP contribution in [0.1, 0.15) is 78.1 Å². The summed E-state index contributed by atoms with van der Waals surface area (Å²) in [5, 5.41) is 0. The van der Waals surface area contributed by atoms with Crippen molar-refractivity contribution in [1.82, 2.24) is 9.80 Å². The Morgan fingerprint density at radius 3 is 1.47 bits per heavy atom. The second-order valence-corrected chi connectivity index (χ2v) is 6.54. The predicted molar refractivity (Wildman–Crippen MR) is 83.4 cm³/mol. The Morgan fingerprint density at radius 2 is 1.11 bits per heavy atom. The van der Waals surface area contributed by atoms with Crippen LogP contribution in [0.3, 0.4) is 0 Å². The highest BCUT2D eigenvalue weighted by atomic mass is 15.3. The second kappa shape index (κ2) is 8.26. The van der Waals surface area contributed by atoms with Crippen molar-refractivity contribution in [2.24, 2.45) is 0 Å². The first kappa shape index (κ1) is 15.3. The van der Waals surface area contributed by atoms with Crippen LogP contribution in [0.2, 0.25) is 0 Å². The van der Waals surface area contributed by atoms with E-state index in [2.05, 4.69) is 23.6 Å². The standard InChI is InChI=1S/C17H34N2/c1-3-18(4-2)15-19(16-11-7-5-8-12-16)17-13-9-6-10-14-17/h16-17H,3-15H2,1-2H3. The third kappa shape index (κ3) is 4.46. The molecular weight excluding hydrogens is 232 g/mol. The van der Waals surface area contributed by atoms with Crippen molar-refractivity contribution in [3.05, 3.63) is 0 Å². The summed E-state index contributed by atoms with van der Waals surface area (Å²) >= 11 is 0. The number of rotatable bonds is 6. The minimum Gasteiger partial charge on any atom is -0.291 e. The lowest BCUT2D eigenvalue weighted by Crippen LogP contribution is -2.50. The third-order valence-corrected chi connectivity index (χ3v) is 5.35. The van der Waals surface area contributed by atoms with Gasteiger partial charge in [-0.1, -0.05) is 52.4 Å². The van der Waals surface area contributed by atoms with E-state index in [4.69, 9.17) is 0 Å². The Morgan fingerprint density at radius 1 is 0.684 bits per heavy atom. The molecule has 2 aliphatic carbocycles. The monoisotopic (exact) mass is 266 g/mol. The Hall–Kier alpha value is -0.0800. The van der Waals surface area contributed by atoms with E-state index in [0.29, 0.717) is 0 Å². The zero-order valence-electron chi connectivity index (χ0n) is 13.2. The molecule has 19 heavy (non-hydrogen) atoms. The van der Waals surface area contributed by atoms with E-state index in [9.17, 15) is 0 Å². The molecule has 0 unspecified atom stereocenters. The van der Waals surface area contributed by atoms with Crippen LogP contribution in [0.15, 0.2) is 0 Å². The molecular formula is C17H34N2. The third-order valence-electron chi connectivity index (χ3n) is 5.35.